The van der Waals surface area contributed by atoms with Crippen LogP contribution in [0.2, 0.25) is 5.02 Å². The van der Waals surface area contributed by atoms with Gasteiger partial charge in [0, 0.05) is 23.8 Å². The Labute approximate surface area is 161 Å². The van der Waals surface area contributed by atoms with Crippen molar-refractivity contribution < 1.29 is 9.31 Å². The summed E-state index contributed by atoms with van der Waals surface area (Å²) in [7, 11) is -0.302. The van der Waals surface area contributed by atoms with Crippen molar-refractivity contribution in [2.24, 2.45) is 0 Å². The summed E-state index contributed by atoms with van der Waals surface area (Å²) in [4.78, 5) is 2.41. The molecular weight excluding hydrogens is 345 g/mol. The number of rotatable bonds is 3. The molecule has 1 fully saturated rings. The van der Waals surface area contributed by atoms with Crippen molar-refractivity contribution >= 4 is 29.9 Å². The zero-order valence-corrected chi connectivity index (χ0v) is 16.6. The average molecular weight is 370 g/mol. The fourth-order valence-corrected chi connectivity index (χ4v) is 3.78. The molecule has 0 N–H and O–H groups in total. The molecule has 0 unspecified atom stereocenters. The molecule has 2 aliphatic rings. The molecule has 26 heavy (non-hydrogen) atoms. The van der Waals surface area contributed by atoms with Crippen molar-refractivity contribution in [1.29, 1.82) is 0 Å². The third-order valence-corrected chi connectivity index (χ3v) is 6.15. The van der Waals surface area contributed by atoms with Crippen molar-refractivity contribution in [2.75, 3.05) is 11.4 Å². The molecular formula is C21H25BClNO2. The van der Waals surface area contributed by atoms with Gasteiger partial charge in [-0.1, -0.05) is 35.9 Å². The Morgan fingerprint density at radius 2 is 1.65 bits per heavy atom. The van der Waals surface area contributed by atoms with E-state index in [1.807, 2.05) is 6.07 Å². The molecule has 0 saturated carbocycles. The normalized spacial score (nSPS) is 20.5. The van der Waals surface area contributed by atoms with E-state index in [1.54, 1.807) is 0 Å². The average Bonchev–Trinajstić information content (AvgIpc) is 3.05. The van der Waals surface area contributed by atoms with E-state index in [0.717, 1.165) is 30.0 Å². The standard InChI is InChI=1S/C21H25BClNO2/c1-20(2)21(3,4)26-22(25-20)17-7-5-15(6-8-17)14-24-12-11-16-13-18(23)9-10-19(16)24/h5-10,13H,11-12,14H2,1-4H3. The van der Waals surface area contributed by atoms with Crippen molar-refractivity contribution in [2.45, 2.75) is 51.9 Å². The maximum atomic E-state index is 6.14. The van der Waals surface area contributed by atoms with Crippen molar-refractivity contribution in [3.8, 4) is 0 Å². The lowest BCUT2D eigenvalue weighted by molar-refractivity contribution is 0.00578. The molecule has 0 amide bonds. The number of nitrogens with zero attached hydrogens (tertiary/aromatic N) is 1. The maximum absolute atomic E-state index is 6.14. The van der Waals surface area contributed by atoms with Crippen LogP contribution in [0.3, 0.4) is 0 Å². The van der Waals surface area contributed by atoms with E-state index in [1.165, 1.54) is 16.8 Å². The molecule has 3 nitrogen and oxygen atoms in total. The minimum Gasteiger partial charge on any atom is -0.399 e. The Hall–Kier alpha value is -1.49. The van der Waals surface area contributed by atoms with E-state index < -0.39 is 0 Å². The highest BCUT2D eigenvalue weighted by Gasteiger charge is 2.51. The zero-order chi connectivity index (χ0) is 18.5. The first kappa shape index (κ1) is 17.9. The van der Waals surface area contributed by atoms with Crippen LogP contribution in [0.15, 0.2) is 42.5 Å². The third-order valence-electron chi connectivity index (χ3n) is 5.91. The van der Waals surface area contributed by atoms with Crippen molar-refractivity contribution in [1.82, 2.24) is 0 Å². The highest BCUT2D eigenvalue weighted by Crippen LogP contribution is 2.36. The van der Waals surface area contributed by atoms with Gasteiger partial charge in [0.05, 0.1) is 11.2 Å². The lowest BCUT2D eigenvalue weighted by atomic mass is 9.79. The number of halogens is 1. The molecule has 0 spiro atoms. The van der Waals surface area contributed by atoms with Crippen LogP contribution in [0.1, 0.15) is 38.8 Å². The molecule has 0 radical (unpaired) electrons. The molecule has 2 aromatic rings. The van der Waals surface area contributed by atoms with Gasteiger partial charge in [-0.05, 0) is 68.9 Å². The van der Waals surface area contributed by atoms with Crippen LogP contribution in [-0.4, -0.2) is 24.9 Å². The van der Waals surface area contributed by atoms with Crippen LogP contribution >= 0.6 is 11.6 Å². The zero-order valence-electron chi connectivity index (χ0n) is 15.9. The van der Waals surface area contributed by atoms with Gasteiger partial charge in [-0.25, -0.2) is 0 Å². The molecule has 2 heterocycles. The van der Waals surface area contributed by atoms with Crippen LogP contribution in [0, 0.1) is 0 Å². The predicted molar refractivity (Wildman–Crippen MR) is 108 cm³/mol. The summed E-state index contributed by atoms with van der Waals surface area (Å²) in [5, 5.41) is 0.817. The number of benzene rings is 2. The summed E-state index contributed by atoms with van der Waals surface area (Å²) in [5.41, 5.74) is 4.37. The number of hydrogen-bond donors (Lipinski definition) is 0. The summed E-state index contributed by atoms with van der Waals surface area (Å²) in [6.07, 6.45) is 1.06. The topological polar surface area (TPSA) is 21.7 Å². The minimum absolute atomic E-state index is 0.302. The molecule has 4 rings (SSSR count). The van der Waals surface area contributed by atoms with E-state index in [0.29, 0.717) is 0 Å². The summed E-state index contributed by atoms with van der Waals surface area (Å²) in [6, 6.07) is 14.8. The molecule has 0 atom stereocenters. The second-order valence-electron chi connectivity index (χ2n) is 8.27. The number of fused-ring (bicyclic) bond motifs is 1. The lowest BCUT2D eigenvalue weighted by Gasteiger charge is -2.32. The Kier molecular flexibility index (Phi) is 4.34. The van der Waals surface area contributed by atoms with Gasteiger partial charge < -0.3 is 14.2 Å². The molecule has 0 bridgehead atoms. The molecule has 0 aliphatic carbocycles. The van der Waals surface area contributed by atoms with E-state index in [9.17, 15) is 0 Å². The first-order valence-electron chi connectivity index (χ1n) is 9.23. The van der Waals surface area contributed by atoms with Gasteiger partial charge in [0.25, 0.3) is 0 Å². The van der Waals surface area contributed by atoms with E-state index in [2.05, 4.69) is 69.0 Å². The van der Waals surface area contributed by atoms with Gasteiger partial charge in [-0.2, -0.15) is 0 Å². The van der Waals surface area contributed by atoms with Gasteiger partial charge in [-0.3, -0.25) is 0 Å². The molecule has 2 aromatic carbocycles. The first-order chi connectivity index (χ1) is 12.2. The summed E-state index contributed by atoms with van der Waals surface area (Å²) < 4.78 is 12.3. The SMILES string of the molecule is CC1(C)OB(c2ccc(CN3CCc4cc(Cl)ccc43)cc2)OC1(C)C. The lowest BCUT2D eigenvalue weighted by Crippen LogP contribution is -2.41. The van der Waals surface area contributed by atoms with Crippen LogP contribution in [0.4, 0.5) is 5.69 Å². The molecule has 5 heteroatoms. The Balaban J connectivity index is 1.47. The van der Waals surface area contributed by atoms with Crippen LogP contribution in [0.25, 0.3) is 0 Å². The van der Waals surface area contributed by atoms with Gasteiger partial charge in [-0.15, -0.1) is 0 Å². The quantitative estimate of drug-likeness (QED) is 0.757. The van der Waals surface area contributed by atoms with Crippen molar-refractivity contribution in [3.63, 3.8) is 0 Å². The fourth-order valence-electron chi connectivity index (χ4n) is 3.58. The second-order valence-corrected chi connectivity index (χ2v) is 8.71. The summed E-state index contributed by atoms with van der Waals surface area (Å²) >= 11 is 6.11. The van der Waals surface area contributed by atoms with Crippen molar-refractivity contribution in [3.05, 3.63) is 58.6 Å². The highest BCUT2D eigenvalue weighted by atomic mass is 35.5. The predicted octanol–water partition coefficient (Wildman–Crippen LogP) is 4.20. The van der Waals surface area contributed by atoms with Gasteiger partial charge in [0.2, 0.25) is 0 Å². The van der Waals surface area contributed by atoms with Gasteiger partial charge in [0.1, 0.15) is 0 Å². The summed E-state index contributed by atoms with van der Waals surface area (Å²) in [5.74, 6) is 0. The number of anilines is 1. The monoisotopic (exact) mass is 369 g/mol. The molecule has 1 saturated heterocycles. The van der Waals surface area contributed by atoms with E-state index in [4.69, 9.17) is 20.9 Å². The van der Waals surface area contributed by atoms with Gasteiger partial charge in [0.15, 0.2) is 0 Å². The fraction of sp³-hybridized carbons (Fsp3) is 0.429. The van der Waals surface area contributed by atoms with Crippen LogP contribution < -0.4 is 10.4 Å². The van der Waals surface area contributed by atoms with Crippen LogP contribution in [-0.2, 0) is 22.3 Å². The number of hydrogen-bond acceptors (Lipinski definition) is 3. The largest absolute Gasteiger partial charge is 0.494 e. The maximum Gasteiger partial charge on any atom is 0.494 e. The van der Waals surface area contributed by atoms with Crippen LogP contribution in [0.5, 0.6) is 0 Å². The molecule has 0 aromatic heterocycles. The smallest absolute Gasteiger partial charge is 0.399 e. The Morgan fingerprint density at radius 3 is 2.31 bits per heavy atom. The Bertz CT molecular complexity index is 803. The minimum atomic E-state index is -0.309. The second kappa shape index (κ2) is 6.30. The van der Waals surface area contributed by atoms with E-state index in [-0.39, 0.29) is 18.3 Å². The first-order valence-corrected chi connectivity index (χ1v) is 9.61. The Morgan fingerprint density at radius 1 is 1.00 bits per heavy atom. The molecule has 136 valence electrons. The third kappa shape index (κ3) is 3.15. The van der Waals surface area contributed by atoms with Gasteiger partial charge >= 0.3 is 7.12 Å². The highest BCUT2D eigenvalue weighted by molar-refractivity contribution is 6.62. The molecule has 2 aliphatic heterocycles. The van der Waals surface area contributed by atoms with E-state index >= 15 is 0 Å². The summed E-state index contributed by atoms with van der Waals surface area (Å²) in [6.45, 7) is 10.3.